The Morgan fingerprint density at radius 2 is 1.83 bits per heavy atom. The van der Waals surface area contributed by atoms with Crippen LogP contribution in [-0.4, -0.2) is 16.0 Å². The Kier molecular flexibility index (Phi) is 4.39. The number of nitrogens with one attached hydrogen (secondary N) is 1. The lowest BCUT2D eigenvalue weighted by Gasteiger charge is -2.04. The molecular weight excluding hydrogens is 308 g/mol. The summed E-state index contributed by atoms with van der Waals surface area (Å²) in [6.45, 7) is 1.99. The summed E-state index contributed by atoms with van der Waals surface area (Å²) in [5, 5.41) is 13.5. The highest BCUT2D eigenvalue weighted by Gasteiger charge is 2.15. The van der Waals surface area contributed by atoms with Crippen LogP contribution in [0.5, 0.6) is 5.88 Å². The van der Waals surface area contributed by atoms with E-state index in [0.717, 1.165) is 16.8 Å². The molecule has 0 fully saturated rings. The molecule has 3 rings (SSSR count). The minimum Gasteiger partial charge on any atom is -0.492 e. The van der Waals surface area contributed by atoms with Crippen molar-refractivity contribution in [2.45, 2.75) is 13.3 Å². The molecule has 4 nitrogen and oxygen atoms in total. The summed E-state index contributed by atoms with van der Waals surface area (Å²) in [5.74, 6) is -0.250. The number of amides is 1. The number of anilines is 1. The fourth-order valence-electron chi connectivity index (χ4n) is 2.15. The van der Waals surface area contributed by atoms with Gasteiger partial charge < -0.3 is 10.4 Å². The van der Waals surface area contributed by atoms with Crippen LogP contribution in [0.25, 0.3) is 10.6 Å². The molecule has 23 heavy (non-hydrogen) atoms. The Bertz CT molecular complexity index is 811. The summed E-state index contributed by atoms with van der Waals surface area (Å²) >= 11 is 1.33. The van der Waals surface area contributed by atoms with Gasteiger partial charge in [-0.1, -0.05) is 48.0 Å². The van der Waals surface area contributed by atoms with Gasteiger partial charge in [-0.15, -0.1) is 11.3 Å². The first kappa shape index (κ1) is 15.2. The van der Waals surface area contributed by atoms with Crippen LogP contribution in [0.15, 0.2) is 54.6 Å². The predicted octanol–water partition coefficient (Wildman–Crippen LogP) is 4.01. The molecule has 0 bridgehead atoms. The second-order valence-corrected chi connectivity index (χ2v) is 6.31. The van der Waals surface area contributed by atoms with E-state index in [1.807, 2.05) is 61.5 Å². The molecule has 116 valence electrons. The maximum atomic E-state index is 12.1. The first-order chi connectivity index (χ1) is 11.1. The lowest BCUT2D eigenvalue weighted by atomic mass is 10.2. The van der Waals surface area contributed by atoms with E-state index in [9.17, 15) is 9.90 Å². The van der Waals surface area contributed by atoms with Crippen LogP contribution in [0.3, 0.4) is 0 Å². The first-order valence-electron chi connectivity index (χ1n) is 7.22. The van der Waals surface area contributed by atoms with E-state index in [2.05, 4.69) is 10.3 Å². The monoisotopic (exact) mass is 324 g/mol. The molecule has 2 N–H and O–H groups in total. The van der Waals surface area contributed by atoms with Gasteiger partial charge in [0.15, 0.2) is 0 Å². The number of carbonyl (C=O) groups excluding carboxylic acids is 1. The molecule has 1 aromatic heterocycles. The molecule has 0 saturated heterocycles. The topological polar surface area (TPSA) is 62.2 Å². The van der Waals surface area contributed by atoms with Crippen molar-refractivity contribution in [3.8, 4) is 16.5 Å². The average molecular weight is 324 g/mol. The standard InChI is InChI=1S/C18H16N2O2S/c1-12-7-9-14(10-8-12)19-16(21)11-15-17(22)20-18(23-15)13-5-3-2-4-6-13/h2-10,22H,11H2,1H3,(H,19,21). The number of hydrogen-bond acceptors (Lipinski definition) is 4. The van der Waals surface area contributed by atoms with Crippen molar-refractivity contribution in [1.82, 2.24) is 4.98 Å². The summed E-state index contributed by atoms with van der Waals surface area (Å²) < 4.78 is 0. The van der Waals surface area contributed by atoms with Crippen molar-refractivity contribution in [2.24, 2.45) is 0 Å². The van der Waals surface area contributed by atoms with Crippen LogP contribution in [-0.2, 0) is 11.2 Å². The molecule has 0 aliphatic carbocycles. The summed E-state index contributed by atoms with van der Waals surface area (Å²) in [4.78, 5) is 16.8. The molecule has 3 aromatic rings. The number of nitrogens with zero attached hydrogens (tertiary/aromatic N) is 1. The SMILES string of the molecule is Cc1ccc(NC(=O)Cc2sc(-c3ccccc3)nc2O)cc1. The number of carbonyl (C=O) groups is 1. The highest BCUT2D eigenvalue weighted by atomic mass is 32.1. The Balaban J connectivity index is 1.71. The predicted molar refractivity (Wildman–Crippen MR) is 92.7 cm³/mol. The van der Waals surface area contributed by atoms with Crippen molar-refractivity contribution in [3.05, 3.63) is 65.0 Å². The molecule has 0 radical (unpaired) electrons. The highest BCUT2D eigenvalue weighted by molar-refractivity contribution is 7.15. The van der Waals surface area contributed by atoms with Crippen LogP contribution >= 0.6 is 11.3 Å². The number of aromatic nitrogens is 1. The number of aromatic hydroxyl groups is 1. The zero-order valence-corrected chi connectivity index (χ0v) is 13.4. The average Bonchev–Trinajstić information content (AvgIpc) is 2.91. The van der Waals surface area contributed by atoms with Crippen molar-refractivity contribution in [1.29, 1.82) is 0 Å². The molecule has 0 spiro atoms. The molecule has 0 aliphatic heterocycles. The van der Waals surface area contributed by atoms with Gasteiger partial charge >= 0.3 is 0 Å². The van der Waals surface area contributed by atoms with E-state index in [1.54, 1.807) is 0 Å². The Morgan fingerprint density at radius 3 is 2.52 bits per heavy atom. The second-order valence-electron chi connectivity index (χ2n) is 5.22. The third-order valence-corrected chi connectivity index (χ3v) is 4.45. The smallest absolute Gasteiger partial charge is 0.229 e. The lowest BCUT2D eigenvalue weighted by molar-refractivity contribution is -0.115. The van der Waals surface area contributed by atoms with Crippen molar-refractivity contribution in [3.63, 3.8) is 0 Å². The Labute approximate surface area is 138 Å². The van der Waals surface area contributed by atoms with E-state index in [1.165, 1.54) is 11.3 Å². The lowest BCUT2D eigenvalue weighted by Crippen LogP contribution is -2.13. The zero-order chi connectivity index (χ0) is 16.2. The second kappa shape index (κ2) is 6.62. The van der Waals surface area contributed by atoms with Gasteiger partial charge in [-0.2, -0.15) is 0 Å². The minimum absolute atomic E-state index is 0.0760. The molecule has 2 aromatic carbocycles. The first-order valence-corrected chi connectivity index (χ1v) is 8.04. The molecular formula is C18H16N2O2S. The maximum Gasteiger partial charge on any atom is 0.229 e. The minimum atomic E-state index is -0.174. The van der Waals surface area contributed by atoms with Crippen molar-refractivity contribution >= 4 is 22.9 Å². The van der Waals surface area contributed by atoms with E-state index < -0.39 is 0 Å². The van der Waals surface area contributed by atoms with Gasteiger partial charge in [-0.3, -0.25) is 4.79 Å². The van der Waals surface area contributed by atoms with Crippen LogP contribution < -0.4 is 5.32 Å². The number of benzene rings is 2. The fraction of sp³-hybridized carbons (Fsp3) is 0.111. The van der Waals surface area contributed by atoms with Crippen LogP contribution in [0, 0.1) is 6.92 Å². The van der Waals surface area contributed by atoms with Gasteiger partial charge in [0, 0.05) is 11.3 Å². The van der Waals surface area contributed by atoms with E-state index >= 15 is 0 Å². The normalized spacial score (nSPS) is 10.5. The van der Waals surface area contributed by atoms with Gasteiger partial charge in [0.2, 0.25) is 11.8 Å². The van der Waals surface area contributed by atoms with Crippen LogP contribution in [0.4, 0.5) is 5.69 Å². The summed E-state index contributed by atoms with van der Waals surface area (Å²) in [5.41, 5.74) is 2.81. The number of aryl methyl sites for hydroxylation is 1. The summed E-state index contributed by atoms with van der Waals surface area (Å²) in [7, 11) is 0. The fourth-order valence-corrected chi connectivity index (χ4v) is 3.11. The molecule has 0 saturated carbocycles. The number of rotatable bonds is 4. The number of hydrogen-bond donors (Lipinski definition) is 2. The highest BCUT2D eigenvalue weighted by Crippen LogP contribution is 2.32. The summed E-state index contributed by atoms with van der Waals surface area (Å²) in [6, 6.07) is 17.2. The van der Waals surface area contributed by atoms with Crippen molar-refractivity contribution in [2.75, 3.05) is 5.32 Å². The van der Waals surface area contributed by atoms with E-state index in [4.69, 9.17) is 0 Å². The van der Waals surface area contributed by atoms with E-state index in [0.29, 0.717) is 9.88 Å². The third-order valence-electron chi connectivity index (χ3n) is 3.35. The Hall–Kier alpha value is -2.66. The van der Waals surface area contributed by atoms with Gasteiger partial charge in [-0.25, -0.2) is 4.98 Å². The van der Waals surface area contributed by atoms with Gasteiger partial charge in [-0.05, 0) is 19.1 Å². The van der Waals surface area contributed by atoms with Gasteiger partial charge in [0.25, 0.3) is 0 Å². The molecule has 1 amide bonds. The molecule has 5 heteroatoms. The molecule has 0 unspecified atom stereocenters. The van der Waals surface area contributed by atoms with Gasteiger partial charge in [0.1, 0.15) is 5.01 Å². The summed E-state index contributed by atoms with van der Waals surface area (Å²) in [6.07, 6.45) is 0.101. The van der Waals surface area contributed by atoms with Crippen LogP contribution in [0.1, 0.15) is 10.4 Å². The van der Waals surface area contributed by atoms with Gasteiger partial charge in [0.05, 0.1) is 11.3 Å². The molecule has 1 heterocycles. The third kappa shape index (κ3) is 3.76. The van der Waals surface area contributed by atoms with E-state index in [-0.39, 0.29) is 18.2 Å². The quantitative estimate of drug-likeness (QED) is 0.762. The molecule has 0 atom stereocenters. The number of thiazole rings is 1. The largest absolute Gasteiger partial charge is 0.492 e. The Morgan fingerprint density at radius 1 is 1.13 bits per heavy atom. The van der Waals surface area contributed by atoms with Crippen molar-refractivity contribution < 1.29 is 9.90 Å². The zero-order valence-electron chi connectivity index (χ0n) is 12.6. The van der Waals surface area contributed by atoms with Crippen LogP contribution in [0.2, 0.25) is 0 Å². The molecule has 0 aliphatic rings. The maximum absolute atomic E-state index is 12.1.